The minimum absolute atomic E-state index is 0.0192. The fourth-order valence-electron chi connectivity index (χ4n) is 7.39. The highest BCUT2D eigenvalue weighted by Crippen LogP contribution is 2.44. The standard InChI is InChI=1S/C44H40N4O5/c1-30(42(50)52-2)46-41(49)40(47-43(51)53-28-39-37-24-14-12-22-35(37)36-23-13-15-25-38(36)39)26-34-27-48(29-45-34)44(31-16-6-3-7-17-31,32-18-8-4-9-19-32)33-20-10-5-11-21-33/h3-25,27,29-30,39-40H,26,28H2,1-2H3,(H,46,49)(H,47,51). The molecular weight excluding hydrogens is 665 g/mol. The summed E-state index contributed by atoms with van der Waals surface area (Å²) < 4.78 is 12.7. The number of hydrogen-bond donors (Lipinski definition) is 2. The lowest BCUT2D eigenvalue weighted by Gasteiger charge is -2.37. The van der Waals surface area contributed by atoms with Crippen molar-refractivity contribution in [1.29, 1.82) is 0 Å². The number of nitrogens with zero attached hydrogens (tertiary/aromatic N) is 2. The van der Waals surface area contributed by atoms with Gasteiger partial charge in [-0.15, -0.1) is 0 Å². The molecular formula is C44H40N4O5. The number of aromatic nitrogens is 2. The van der Waals surface area contributed by atoms with Crippen molar-refractivity contribution in [3.63, 3.8) is 0 Å². The van der Waals surface area contributed by atoms with Crippen LogP contribution in [0.25, 0.3) is 11.1 Å². The Morgan fingerprint density at radius 3 is 1.72 bits per heavy atom. The van der Waals surface area contributed by atoms with Crippen molar-refractivity contribution in [3.8, 4) is 11.1 Å². The van der Waals surface area contributed by atoms with E-state index < -0.39 is 35.6 Å². The van der Waals surface area contributed by atoms with E-state index in [9.17, 15) is 14.4 Å². The van der Waals surface area contributed by atoms with Crippen LogP contribution in [0.15, 0.2) is 152 Å². The molecule has 266 valence electrons. The fourth-order valence-corrected chi connectivity index (χ4v) is 7.39. The monoisotopic (exact) mass is 704 g/mol. The Kier molecular flexibility index (Phi) is 10.2. The van der Waals surface area contributed by atoms with E-state index in [1.165, 1.54) is 14.0 Å². The zero-order valence-corrected chi connectivity index (χ0v) is 29.5. The first kappa shape index (κ1) is 34.9. The lowest BCUT2D eigenvalue weighted by molar-refractivity contribution is -0.144. The van der Waals surface area contributed by atoms with Crippen molar-refractivity contribution >= 4 is 18.0 Å². The minimum atomic E-state index is -1.12. The highest BCUT2D eigenvalue weighted by molar-refractivity contribution is 5.89. The van der Waals surface area contributed by atoms with Gasteiger partial charge in [-0.3, -0.25) is 4.79 Å². The van der Waals surface area contributed by atoms with E-state index in [0.29, 0.717) is 5.69 Å². The minimum Gasteiger partial charge on any atom is -0.467 e. The number of fused-ring (bicyclic) bond motifs is 3. The van der Waals surface area contributed by atoms with Gasteiger partial charge >= 0.3 is 12.1 Å². The smallest absolute Gasteiger partial charge is 0.407 e. The molecule has 0 aliphatic heterocycles. The molecule has 0 bridgehead atoms. The number of benzene rings is 5. The van der Waals surface area contributed by atoms with Crippen LogP contribution < -0.4 is 10.6 Å². The Labute approximate surface area is 308 Å². The number of hydrogen-bond acceptors (Lipinski definition) is 6. The van der Waals surface area contributed by atoms with E-state index in [-0.39, 0.29) is 18.9 Å². The van der Waals surface area contributed by atoms with Crippen LogP contribution in [0.4, 0.5) is 4.79 Å². The van der Waals surface area contributed by atoms with Gasteiger partial charge in [0, 0.05) is 18.5 Å². The molecule has 1 heterocycles. The Morgan fingerprint density at radius 2 is 1.21 bits per heavy atom. The van der Waals surface area contributed by atoms with Gasteiger partial charge in [0.15, 0.2) is 0 Å². The third-order valence-electron chi connectivity index (χ3n) is 9.88. The molecule has 5 aromatic carbocycles. The molecule has 0 radical (unpaired) electrons. The Balaban J connectivity index is 1.19. The molecule has 2 unspecified atom stereocenters. The van der Waals surface area contributed by atoms with E-state index >= 15 is 0 Å². The lowest BCUT2D eigenvalue weighted by Crippen LogP contribution is -2.52. The van der Waals surface area contributed by atoms with Gasteiger partial charge in [-0.25, -0.2) is 14.6 Å². The molecule has 1 aromatic heterocycles. The summed E-state index contributed by atoms with van der Waals surface area (Å²) in [6, 6.07) is 44.6. The number of nitrogens with one attached hydrogen (secondary N) is 2. The van der Waals surface area contributed by atoms with Crippen molar-refractivity contribution in [1.82, 2.24) is 20.2 Å². The van der Waals surface area contributed by atoms with Crippen LogP contribution in [0, 0.1) is 0 Å². The predicted octanol–water partition coefficient (Wildman–Crippen LogP) is 6.85. The number of esters is 1. The third kappa shape index (κ3) is 6.93. The van der Waals surface area contributed by atoms with Crippen LogP contribution in [0.3, 0.4) is 0 Å². The summed E-state index contributed by atoms with van der Waals surface area (Å²) >= 11 is 0. The maximum atomic E-state index is 13.7. The van der Waals surface area contributed by atoms with Crippen LogP contribution in [0.1, 0.15) is 46.4 Å². The van der Waals surface area contributed by atoms with E-state index in [2.05, 4.69) is 59.2 Å². The average Bonchev–Trinajstić information content (AvgIpc) is 3.80. The van der Waals surface area contributed by atoms with Crippen LogP contribution in [0.2, 0.25) is 0 Å². The SMILES string of the molecule is COC(=O)C(C)NC(=O)C(Cc1cn(C(c2ccccc2)(c2ccccc2)c2ccccc2)cn1)NC(=O)OCC1c2ccccc2-c2ccccc21. The topological polar surface area (TPSA) is 112 Å². The summed E-state index contributed by atoms with van der Waals surface area (Å²) in [6.45, 7) is 1.60. The molecule has 1 aliphatic rings. The molecule has 6 aromatic rings. The van der Waals surface area contributed by atoms with Crippen molar-refractivity contribution in [2.75, 3.05) is 13.7 Å². The Morgan fingerprint density at radius 1 is 0.717 bits per heavy atom. The second kappa shape index (κ2) is 15.4. The number of ether oxygens (including phenoxy) is 2. The van der Waals surface area contributed by atoms with Crippen LogP contribution >= 0.6 is 0 Å². The maximum Gasteiger partial charge on any atom is 0.407 e. The van der Waals surface area contributed by atoms with Gasteiger partial charge in [-0.05, 0) is 45.9 Å². The summed E-state index contributed by atoms with van der Waals surface area (Å²) in [5.74, 6) is -1.34. The molecule has 53 heavy (non-hydrogen) atoms. The number of methoxy groups -OCH3 is 1. The highest BCUT2D eigenvalue weighted by Gasteiger charge is 2.39. The number of imidazole rings is 1. The summed E-state index contributed by atoms with van der Waals surface area (Å²) in [5.41, 5.74) is 7.14. The summed E-state index contributed by atoms with van der Waals surface area (Å²) in [4.78, 5) is 44.3. The summed E-state index contributed by atoms with van der Waals surface area (Å²) in [6.07, 6.45) is 2.91. The largest absolute Gasteiger partial charge is 0.467 e. The molecule has 1 aliphatic carbocycles. The highest BCUT2D eigenvalue weighted by atomic mass is 16.5. The van der Waals surface area contributed by atoms with E-state index in [4.69, 9.17) is 14.5 Å². The van der Waals surface area contributed by atoms with Gasteiger partial charge in [0.25, 0.3) is 0 Å². The van der Waals surface area contributed by atoms with Gasteiger partial charge in [-0.1, -0.05) is 140 Å². The first-order valence-corrected chi connectivity index (χ1v) is 17.6. The first-order chi connectivity index (χ1) is 25.9. The van der Waals surface area contributed by atoms with Gasteiger partial charge < -0.3 is 24.7 Å². The van der Waals surface area contributed by atoms with E-state index in [1.54, 1.807) is 6.33 Å². The Hall–Kier alpha value is -6.48. The fraction of sp³-hybridized carbons (Fsp3) is 0.182. The first-order valence-electron chi connectivity index (χ1n) is 17.6. The molecule has 2 amide bonds. The molecule has 0 spiro atoms. The van der Waals surface area contributed by atoms with Gasteiger partial charge in [0.05, 0.1) is 19.1 Å². The van der Waals surface area contributed by atoms with E-state index in [1.807, 2.05) is 102 Å². The molecule has 0 fully saturated rings. The second-order valence-corrected chi connectivity index (χ2v) is 13.1. The molecule has 0 saturated heterocycles. The van der Waals surface area contributed by atoms with Crippen LogP contribution in [-0.2, 0) is 31.0 Å². The van der Waals surface area contributed by atoms with Gasteiger partial charge in [0.2, 0.25) is 5.91 Å². The van der Waals surface area contributed by atoms with Crippen molar-refractivity contribution in [3.05, 3.63) is 186 Å². The van der Waals surface area contributed by atoms with E-state index in [0.717, 1.165) is 38.9 Å². The van der Waals surface area contributed by atoms with Crippen molar-refractivity contribution in [2.24, 2.45) is 0 Å². The molecule has 0 saturated carbocycles. The Bertz CT molecular complexity index is 2060. The van der Waals surface area contributed by atoms with Crippen LogP contribution in [-0.4, -0.2) is 53.3 Å². The van der Waals surface area contributed by atoms with Gasteiger partial charge in [0.1, 0.15) is 24.2 Å². The number of rotatable bonds is 12. The zero-order valence-electron chi connectivity index (χ0n) is 29.5. The quantitative estimate of drug-likeness (QED) is 0.107. The second-order valence-electron chi connectivity index (χ2n) is 13.1. The number of carbonyl (C=O) groups excluding carboxylic acids is 3. The lowest BCUT2D eigenvalue weighted by atomic mass is 9.77. The maximum absolute atomic E-state index is 13.7. The zero-order chi connectivity index (χ0) is 36.8. The van der Waals surface area contributed by atoms with Crippen molar-refractivity contribution < 1.29 is 23.9 Å². The van der Waals surface area contributed by atoms with Gasteiger partial charge in [-0.2, -0.15) is 0 Å². The number of alkyl carbamates (subject to hydrolysis) is 1. The molecule has 9 heteroatoms. The molecule has 2 N–H and O–H groups in total. The third-order valence-corrected chi connectivity index (χ3v) is 9.88. The predicted molar refractivity (Wildman–Crippen MR) is 202 cm³/mol. The van der Waals surface area contributed by atoms with Crippen LogP contribution in [0.5, 0.6) is 0 Å². The average molecular weight is 705 g/mol. The summed E-state index contributed by atoms with van der Waals surface area (Å²) in [5, 5.41) is 5.44. The van der Waals surface area contributed by atoms with Crippen molar-refractivity contribution in [2.45, 2.75) is 36.9 Å². The number of carbonyl (C=O) groups is 3. The normalized spacial score (nSPS) is 13.2. The molecule has 7 rings (SSSR count). The molecule has 9 nitrogen and oxygen atoms in total. The summed E-state index contributed by atoms with van der Waals surface area (Å²) in [7, 11) is 1.25. The molecule has 2 atom stereocenters. The number of amides is 2.